The van der Waals surface area contributed by atoms with Gasteiger partial charge in [-0.2, -0.15) is 0 Å². The molecule has 0 aromatic heterocycles. The predicted octanol–water partition coefficient (Wildman–Crippen LogP) is 2.59. The topological polar surface area (TPSA) is 80.9 Å². The van der Waals surface area contributed by atoms with Gasteiger partial charge in [-0.1, -0.05) is 12.1 Å². The number of hydrogen-bond acceptors (Lipinski definition) is 5. The number of anilines is 1. The van der Waals surface area contributed by atoms with E-state index < -0.39 is 11.6 Å². The molecule has 0 spiro atoms. The molecule has 1 amide bonds. The molecule has 2 aromatic rings. The molecule has 4 rings (SSSR count). The van der Waals surface area contributed by atoms with Crippen LogP contribution in [0.15, 0.2) is 42.5 Å². The van der Waals surface area contributed by atoms with E-state index in [0.29, 0.717) is 22.3 Å². The zero-order valence-electron chi connectivity index (χ0n) is 15.7. The van der Waals surface area contributed by atoms with Gasteiger partial charge in [0.2, 0.25) is 5.91 Å². The van der Waals surface area contributed by atoms with Crippen molar-refractivity contribution >= 4 is 28.9 Å². The van der Waals surface area contributed by atoms with Crippen molar-refractivity contribution in [3.8, 4) is 17.2 Å². The normalized spacial score (nSPS) is 24.8. The highest BCUT2D eigenvalue weighted by Crippen LogP contribution is 2.48. The highest BCUT2D eigenvalue weighted by molar-refractivity contribution is 7.80. The van der Waals surface area contributed by atoms with Crippen LogP contribution in [0.1, 0.15) is 18.5 Å². The number of fused-ring (bicyclic) bond motifs is 4. The first-order valence-electron chi connectivity index (χ1n) is 8.84. The molecule has 8 heteroatoms. The monoisotopic (exact) mass is 399 g/mol. The molecule has 2 aliphatic rings. The lowest BCUT2D eigenvalue weighted by Gasteiger charge is -2.50. The zero-order chi connectivity index (χ0) is 19.9. The zero-order valence-corrected chi connectivity index (χ0v) is 16.6. The van der Waals surface area contributed by atoms with Gasteiger partial charge in [0.25, 0.3) is 0 Å². The largest absolute Gasteiger partial charge is 0.497 e. The minimum absolute atomic E-state index is 0.186. The summed E-state index contributed by atoms with van der Waals surface area (Å²) in [7, 11) is 3.19. The average Bonchev–Trinajstić information content (AvgIpc) is 2.67. The van der Waals surface area contributed by atoms with Gasteiger partial charge in [0.15, 0.2) is 22.3 Å². The first-order valence-corrected chi connectivity index (χ1v) is 9.25. The number of carbonyl (C=O) groups excluding carboxylic acids is 1. The van der Waals surface area contributed by atoms with E-state index >= 15 is 0 Å². The highest BCUT2D eigenvalue weighted by atomic mass is 32.1. The minimum atomic E-state index is -1.02. The second-order valence-corrected chi connectivity index (χ2v) is 7.27. The number of amides is 1. The van der Waals surface area contributed by atoms with E-state index in [4.69, 9.17) is 26.4 Å². The van der Waals surface area contributed by atoms with Crippen LogP contribution in [0.4, 0.5) is 5.69 Å². The number of benzene rings is 2. The molecule has 3 N–H and O–H groups in total. The van der Waals surface area contributed by atoms with Crippen molar-refractivity contribution in [3.63, 3.8) is 0 Å². The average molecular weight is 399 g/mol. The molecule has 146 valence electrons. The van der Waals surface area contributed by atoms with Crippen molar-refractivity contribution in [3.05, 3.63) is 48.0 Å². The van der Waals surface area contributed by atoms with Crippen LogP contribution in [0.5, 0.6) is 17.2 Å². The van der Waals surface area contributed by atoms with E-state index in [0.717, 1.165) is 11.3 Å². The number of carbonyl (C=O) groups is 1. The Balaban J connectivity index is 1.69. The summed E-state index contributed by atoms with van der Waals surface area (Å²) >= 11 is 5.34. The SMILES string of the molecule is COc1ccc(NC(=O)[C@@H]2[C@H]3NC(=S)N[C@@]2(C)Oc2c(OC)cccc23)cc1. The van der Waals surface area contributed by atoms with E-state index in [-0.39, 0.29) is 11.9 Å². The maximum atomic E-state index is 13.2. The van der Waals surface area contributed by atoms with Crippen molar-refractivity contribution in [2.45, 2.75) is 18.7 Å². The number of thiocarbonyl (C=S) groups is 1. The van der Waals surface area contributed by atoms with Gasteiger partial charge in [0.05, 0.1) is 20.3 Å². The molecule has 2 heterocycles. The van der Waals surface area contributed by atoms with Crippen LogP contribution in [0.25, 0.3) is 0 Å². The summed E-state index contributed by atoms with van der Waals surface area (Å²) in [4.78, 5) is 13.2. The van der Waals surface area contributed by atoms with Crippen molar-refractivity contribution in [2.24, 2.45) is 5.92 Å². The van der Waals surface area contributed by atoms with Crippen LogP contribution in [0, 0.1) is 5.92 Å². The Kier molecular flexibility index (Phi) is 4.50. The van der Waals surface area contributed by atoms with Crippen LogP contribution in [0.3, 0.4) is 0 Å². The maximum absolute atomic E-state index is 13.2. The molecule has 0 aliphatic carbocycles. The van der Waals surface area contributed by atoms with Gasteiger partial charge in [0.1, 0.15) is 11.7 Å². The molecule has 7 nitrogen and oxygen atoms in total. The smallest absolute Gasteiger partial charge is 0.236 e. The van der Waals surface area contributed by atoms with Gasteiger partial charge in [-0.25, -0.2) is 0 Å². The summed E-state index contributed by atoms with van der Waals surface area (Å²) in [6.45, 7) is 1.82. The molecule has 1 fully saturated rings. The lowest BCUT2D eigenvalue weighted by Crippen LogP contribution is -2.70. The molecule has 3 atom stereocenters. The second-order valence-electron chi connectivity index (χ2n) is 6.86. The molecule has 28 heavy (non-hydrogen) atoms. The summed E-state index contributed by atoms with van der Waals surface area (Å²) < 4.78 is 16.8. The molecule has 2 aliphatic heterocycles. The lowest BCUT2D eigenvalue weighted by atomic mass is 9.79. The summed E-state index contributed by atoms with van der Waals surface area (Å²) in [6.07, 6.45) is 0. The third-order valence-corrected chi connectivity index (χ3v) is 5.31. The van der Waals surface area contributed by atoms with Crippen LogP contribution < -0.4 is 30.2 Å². The van der Waals surface area contributed by atoms with Gasteiger partial charge in [-0.3, -0.25) is 4.79 Å². The van der Waals surface area contributed by atoms with Crippen molar-refractivity contribution in [1.29, 1.82) is 0 Å². The van der Waals surface area contributed by atoms with Crippen molar-refractivity contribution < 1.29 is 19.0 Å². The molecule has 0 saturated carbocycles. The number of para-hydroxylation sites is 1. The van der Waals surface area contributed by atoms with Crippen LogP contribution in [-0.4, -0.2) is 31.0 Å². The Morgan fingerprint density at radius 2 is 1.93 bits per heavy atom. The quantitative estimate of drug-likeness (QED) is 0.682. The minimum Gasteiger partial charge on any atom is -0.497 e. The van der Waals surface area contributed by atoms with Crippen LogP contribution >= 0.6 is 12.2 Å². The van der Waals surface area contributed by atoms with Crippen LogP contribution in [0.2, 0.25) is 0 Å². The number of nitrogens with one attached hydrogen (secondary N) is 3. The molecule has 0 radical (unpaired) electrons. The second kappa shape index (κ2) is 6.87. The first-order chi connectivity index (χ1) is 13.4. The predicted molar refractivity (Wildman–Crippen MR) is 109 cm³/mol. The summed E-state index contributed by atoms with van der Waals surface area (Å²) in [5.74, 6) is 1.18. The Morgan fingerprint density at radius 1 is 1.18 bits per heavy atom. The number of ether oxygens (including phenoxy) is 3. The Labute approximate surface area is 168 Å². The fourth-order valence-corrected chi connectivity index (χ4v) is 4.11. The van der Waals surface area contributed by atoms with E-state index in [1.807, 2.05) is 25.1 Å². The molecule has 2 bridgehead atoms. The van der Waals surface area contributed by atoms with E-state index in [1.54, 1.807) is 38.5 Å². The van der Waals surface area contributed by atoms with Gasteiger partial charge in [0, 0.05) is 11.3 Å². The van der Waals surface area contributed by atoms with E-state index in [9.17, 15) is 4.79 Å². The third-order valence-electron chi connectivity index (χ3n) is 5.09. The van der Waals surface area contributed by atoms with E-state index in [2.05, 4.69) is 16.0 Å². The Hall–Kier alpha value is -3.00. The van der Waals surface area contributed by atoms with Gasteiger partial charge in [-0.15, -0.1) is 0 Å². The summed E-state index contributed by atoms with van der Waals surface area (Å²) in [6, 6.07) is 12.4. The first kappa shape index (κ1) is 18.4. The molecule has 2 aromatic carbocycles. The lowest BCUT2D eigenvalue weighted by molar-refractivity contribution is -0.132. The van der Waals surface area contributed by atoms with Crippen LogP contribution in [-0.2, 0) is 4.79 Å². The highest BCUT2D eigenvalue weighted by Gasteiger charge is 2.55. The van der Waals surface area contributed by atoms with Gasteiger partial charge < -0.3 is 30.2 Å². The molecule has 0 unspecified atom stereocenters. The Morgan fingerprint density at radius 3 is 2.61 bits per heavy atom. The fourth-order valence-electron chi connectivity index (χ4n) is 3.78. The number of rotatable bonds is 4. The standard InChI is InChI=1S/C20H21N3O4S/c1-20-15(18(24)21-11-7-9-12(25-2)10-8-11)16(22-19(28)23-20)13-5-4-6-14(26-3)17(13)27-20/h4-10,15-16H,1-3H3,(H,21,24)(H2,22,23,28)/t15-,16-,20-/m0/s1. The molecule has 1 saturated heterocycles. The fraction of sp³-hybridized carbons (Fsp3) is 0.300. The summed E-state index contributed by atoms with van der Waals surface area (Å²) in [5.41, 5.74) is 0.479. The van der Waals surface area contributed by atoms with Crippen molar-refractivity contribution in [1.82, 2.24) is 10.6 Å². The Bertz CT molecular complexity index is 934. The summed E-state index contributed by atoms with van der Waals surface area (Å²) in [5, 5.41) is 9.73. The number of hydrogen-bond donors (Lipinski definition) is 3. The van der Waals surface area contributed by atoms with E-state index in [1.165, 1.54) is 0 Å². The number of methoxy groups -OCH3 is 2. The van der Waals surface area contributed by atoms with Crippen molar-refractivity contribution in [2.75, 3.05) is 19.5 Å². The molecular formula is C20H21N3O4S. The third kappa shape index (κ3) is 2.99. The molecular weight excluding hydrogens is 378 g/mol. The van der Waals surface area contributed by atoms with Gasteiger partial charge >= 0.3 is 0 Å². The van der Waals surface area contributed by atoms with Gasteiger partial charge in [-0.05, 0) is 49.5 Å². The maximum Gasteiger partial charge on any atom is 0.236 e.